The third kappa shape index (κ3) is 5.00. The number of carbonyl (C=O) groups is 1. The predicted molar refractivity (Wildman–Crippen MR) is 118 cm³/mol. The highest BCUT2D eigenvalue weighted by atomic mass is 19.4. The van der Waals surface area contributed by atoms with Gasteiger partial charge in [0.2, 0.25) is 5.82 Å². The molecule has 0 radical (unpaired) electrons. The van der Waals surface area contributed by atoms with Gasteiger partial charge in [0.25, 0.3) is 5.91 Å². The normalized spacial score (nSPS) is 14.4. The van der Waals surface area contributed by atoms with Gasteiger partial charge in [0.15, 0.2) is 0 Å². The number of rotatable bonds is 5. The number of benzene rings is 1. The number of aromatic nitrogens is 5. The molecule has 0 saturated carbocycles. The Morgan fingerprint density at radius 3 is 2.40 bits per heavy atom. The Labute approximate surface area is 197 Å². The predicted octanol–water partition coefficient (Wildman–Crippen LogP) is 3.36. The Morgan fingerprint density at radius 1 is 1.03 bits per heavy atom. The summed E-state index contributed by atoms with van der Waals surface area (Å²) in [7, 11) is 0. The molecule has 5 rings (SSSR count). The van der Waals surface area contributed by atoms with Crippen LogP contribution in [0.4, 0.5) is 19.0 Å². The first-order valence-electron chi connectivity index (χ1n) is 10.8. The number of hydrogen-bond donors (Lipinski definition) is 0. The second-order valence-electron chi connectivity index (χ2n) is 8.04. The fourth-order valence-corrected chi connectivity index (χ4v) is 3.83. The zero-order valence-corrected chi connectivity index (χ0v) is 18.4. The zero-order valence-electron chi connectivity index (χ0n) is 18.4. The molecule has 12 heteroatoms. The van der Waals surface area contributed by atoms with Crippen LogP contribution in [0.5, 0.6) is 0 Å². The van der Waals surface area contributed by atoms with Gasteiger partial charge in [-0.3, -0.25) is 4.79 Å². The summed E-state index contributed by atoms with van der Waals surface area (Å²) in [6.07, 6.45) is 2.07. The van der Waals surface area contributed by atoms with E-state index < -0.39 is 12.1 Å². The monoisotopic (exact) mass is 483 g/mol. The number of imidazole rings is 1. The first-order valence-corrected chi connectivity index (χ1v) is 10.8. The van der Waals surface area contributed by atoms with Gasteiger partial charge in [0.05, 0.1) is 6.33 Å². The molecule has 0 bridgehead atoms. The van der Waals surface area contributed by atoms with Gasteiger partial charge >= 0.3 is 12.1 Å². The van der Waals surface area contributed by atoms with Crippen LogP contribution in [-0.2, 0) is 12.7 Å². The van der Waals surface area contributed by atoms with Gasteiger partial charge in [-0.05, 0) is 29.8 Å². The van der Waals surface area contributed by atoms with Crippen molar-refractivity contribution in [1.29, 1.82) is 0 Å². The average molecular weight is 483 g/mol. The van der Waals surface area contributed by atoms with Crippen LogP contribution >= 0.6 is 0 Å². The average Bonchev–Trinajstić information content (AvgIpc) is 3.57. The third-order valence-corrected chi connectivity index (χ3v) is 5.69. The molecule has 4 aromatic rings. The van der Waals surface area contributed by atoms with E-state index in [1.807, 2.05) is 39.9 Å². The third-order valence-electron chi connectivity index (χ3n) is 5.69. The standard InChI is InChI=1S/C23H20F3N7O2/c24-23(25,26)22-29-20(30-35-22)18-5-6-19(28-13-18)32-9-11-33(12-10-32)21(34)17-3-1-16(2-4-17)14-31-8-7-27-15-31/h1-8,13,15H,9-12,14H2. The van der Waals surface area contributed by atoms with Crippen LogP contribution in [0, 0.1) is 0 Å². The summed E-state index contributed by atoms with van der Waals surface area (Å²) in [4.78, 5) is 28.5. The molecule has 1 amide bonds. The number of piperazine rings is 1. The summed E-state index contributed by atoms with van der Waals surface area (Å²) in [6, 6.07) is 10.8. The molecule has 1 aliphatic heterocycles. The van der Waals surface area contributed by atoms with Crippen LogP contribution in [0.3, 0.4) is 0 Å². The molecular formula is C23H20F3N7O2. The van der Waals surface area contributed by atoms with Gasteiger partial charge in [-0.1, -0.05) is 17.3 Å². The maximum Gasteiger partial charge on any atom is 0.471 e. The Hall–Kier alpha value is -4.22. The van der Waals surface area contributed by atoms with E-state index in [2.05, 4.69) is 24.6 Å². The number of hydrogen-bond acceptors (Lipinski definition) is 7. The number of alkyl halides is 3. The number of nitrogens with zero attached hydrogens (tertiary/aromatic N) is 7. The summed E-state index contributed by atoms with van der Waals surface area (Å²) in [6.45, 7) is 2.90. The molecule has 1 aromatic carbocycles. The molecule has 35 heavy (non-hydrogen) atoms. The van der Waals surface area contributed by atoms with Gasteiger partial charge in [-0.2, -0.15) is 18.2 Å². The fourth-order valence-electron chi connectivity index (χ4n) is 3.83. The van der Waals surface area contributed by atoms with Crippen LogP contribution < -0.4 is 4.90 Å². The van der Waals surface area contributed by atoms with Crippen LogP contribution in [0.15, 0.2) is 65.8 Å². The van der Waals surface area contributed by atoms with E-state index >= 15 is 0 Å². The maximum absolute atomic E-state index is 12.9. The number of amides is 1. The van der Waals surface area contributed by atoms with Crippen molar-refractivity contribution in [3.63, 3.8) is 0 Å². The molecule has 0 spiro atoms. The van der Waals surface area contributed by atoms with Crippen molar-refractivity contribution in [2.24, 2.45) is 0 Å². The molecule has 1 aliphatic rings. The zero-order chi connectivity index (χ0) is 24.4. The molecule has 0 atom stereocenters. The van der Waals surface area contributed by atoms with E-state index in [4.69, 9.17) is 0 Å². The lowest BCUT2D eigenvalue weighted by Crippen LogP contribution is -2.49. The van der Waals surface area contributed by atoms with Crippen molar-refractivity contribution < 1.29 is 22.5 Å². The van der Waals surface area contributed by atoms with Crippen molar-refractivity contribution >= 4 is 11.7 Å². The van der Waals surface area contributed by atoms with Gasteiger partial charge in [0.1, 0.15) is 5.82 Å². The molecule has 0 N–H and O–H groups in total. The molecule has 3 aromatic heterocycles. The topological polar surface area (TPSA) is 93.2 Å². The van der Waals surface area contributed by atoms with Gasteiger partial charge in [-0.15, -0.1) is 0 Å². The molecule has 0 unspecified atom stereocenters. The molecule has 0 aliphatic carbocycles. The minimum absolute atomic E-state index is 0.0280. The number of anilines is 1. The van der Waals surface area contributed by atoms with E-state index in [9.17, 15) is 18.0 Å². The van der Waals surface area contributed by atoms with E-state index in [-0.39, 0.29) is 11.7 Å². The Bertz CT molecular complexity index is 1280. The van der Waals surface area contributed by atoms with E-state index in [1.54, 1.807) is 29.6 Å². The first-order chi connectivity index (χ1) is 16.9. The molecule has 180 valence electrons. The molecule has 4 heterocycles. The van der Waals surface area contributed by atoms with Crippen molar-refractivity contribution in [2.75, 3.05) is 31.1 Å². The summed E-state index contributed by atoms with van der Waals surface area (Å²) in [5.74, 6) is -0.947. The Morgan fingerprint density at radius 2 is 1.80 bits per heavy atom. The maximum atomic E-state index is 12.9. The Kier molecular flexibility index (Phi) is 5.93. The fraction of sp³-hybridized carbons (Fsp3) is 0.261. The Balaban J connectivity index is 1.17. The van der Waals surface area contributed by atoms with Crippen LogP contribution in [0.25, 0.3) is 11.4 Å². The minimum Gasteiger partial charge on any atom is -0.353 e. The first kappa shape index (κ1) is 22.6. The lowest BCUT2D eigenvalue weighted by Gasteiger charge is -2.35. The highest BCUT2D eigenvalue weighted by Crippen LogP contribution is 2.29. The summed E-state index contributed by atoms with van der Waals surface area (Å²) < 4.78 is 44.2. The van der Waals surface area contributed by atoms with Crippen LogP contribution in [0.2, 0.25) is 0 Å². The summed E-state index contributed by atoms with van der Waals surface area (Å²) in [5.41, 5.74) is 2.03. The summed E-state index contributed by atoms with van der Waals surface area (Å²) in [5, 5.41) is 3.37. The summed E-state index contributed by atoms with van der Waals surface area (Å²) >= 11 is 0. The number of halogens is 3. The van der Waals surface area contributed by atoms with Crippen molar-refractivity contribution in [1.82, 2.24) is 29.6 Å². The van der Waals surface area contributed by atoms with Gasteiger partial charge in [-0.25, -0.2) is 9.97 Å². The van der Waals surface area contributed by atoms with Gasteiger partial charge in [0, 0.05) is 62.4 Å². The van der Waals surface area contributed by atoms with E-state index in [1.165, 1.54) is 6.20 Å². The van der Waals surface area contributed by atoms with E-state index in [0.717, 1.165) is 5.56 Å². The lowest BCUT2D eigenvalue weighted by atomic mass is 10.1. The SMILES string of the molecule is O=C(c1ccc(Cn2ccnc2)cc1)N1CCN(c2ccc(-c3noc(C(F)(F)F)n3)cn2)CC1. The van der Waals surface area contributed by atoms with Crippen LogP contribution in [-0.4, -0.2) is 61.7 Å². The quantitative estimate of drug-likeness (QED) is 0.430. The molecule has 9 nitrogen and oxygen atoms in total. The number of pyridine rings is 1. The second kappa shape index (κ2) is 9.20. The minimum atomic E-state index is -4.70. The second-order valence-corrected chi connectivity index (χ2v) is 8.04. The van der Waals surface area contributed by atoms with Crippen molar-refractivity contribution in [3.05, 3.63) is 78.3 Å². The highest BCUT2D eigenvalue weighted by Gasteiger charge is 2.38. The largest absolute Gasteiger partial charge is 0.471 e. The van der Waals surface area contributed by atoms with Crippen LogP contribution in [0.1, 0.15) is 21.8 Å². The number of carbonyl (C=O) groups excluding carboxylic acids is 1. The van der Waals surface area contributed by atoms with Crippen molar-refractivity contribution in [2.45, 2.75) is 12.7 Å². The molecule has 1 fully saturated rings. The van der Waals surface area contributed by atoms with Crippen molar-refractivity contribution in [3.8, 4) is 11.4 Å². The van der Waals surface area contributed by atoms with Gasteiger partial charge < -0.3 is 18.9 Å². The molecular weight excluding hydrogens is 463 g/mol. The smallest absolute Gasteiger partial charge is 0.353 e. The highest BCUT2D eigenvalue weighted by molar-refractivity contribution is 5.94. The molecule has 1 saturated heterocycles. The lowest BCUT2D eigenvalue weighted by molar-refractivity contribution is -0.159. The van der Waals surface area contributed by atoms with E-state index in [0.29, 0.717) is 49.7 Å².